The van der Waals surface area contributed by atoms with Gasteiger partial charge in [0.05, 0.1) is 24.1 Å². The lowest BCUT2D eigenvalue weighted by atomic mass is 10.0. The van der Waals surface area contributed by atoms with E-state index in [1.54, 1.807) is 30.9 Å². The zero-order valence-electron chi connectivity index (χ0n) is 12.2. The molecule has 112 valence electrons. The molecule has 0 radical (unpaired) electrons. The van der Waals surface area contributed by atoms with Gasteiger partial charge in [-0.1, -0.05) is 24.3 Å². The van der Waals surface area contributed by atoms with E-state index in [2.05, 4.69) is 10.3 Å². The molecule has 1 amide bonds. The summed E-state index contributed by atoms with van der Waals surface area (Å²) in [6.45, 7) is 2.11. The van der Waals surface area contributed by atoms with E-state index in [-0.39, 0.29) is 12.5 Å². The van der Waals surface area contributed by atoms with Crippen LogP contribution in [-0.2, 0) is 0 Å². The van der Waals surface area contributed by atoms with Gasteiger partial charge in [-0.3, -0.25) is 4.79 Å². The average Bonchev–Trinajstić information content (AvgIpc) is 3.00. The summed E-state index contributed by atoms with van der Waals surface area (Å²) in [6, 6.07) is 11.1. The second kappa shape index (κ2) is 5.99. The first-order valence-electron chi connectivity index (χ1n) is 7.08. The van der Waals surface area contributed by atoms with E-state index in [0.29, 0.717) is 5.56 Å². The van der Waals surface area contributed by atoms with Crippen molar-refractivity contribution in [1.82, 2.24) is 14.7 Å². The summed E-state index contributed by atoms with van der Waals surface area (Å²) in [5, 5.41) is 13.0. The van der Waals surface area contributed by atoms with Crippen LogP contribution in [0, 0.1) is 6.92 Å². The number of carbonyl (C=O) groups is 1. The highest BCUT2D eigenvalue weighted by molar-refractivity contribution is 5.95. The topological polar surface area (TPSA) is 66.6 Å². The number of hydrogen-bond donors (Lipinski definition) is 2. The van der Waals surface area contributed by atoms with Crippen molar-refractivity contribution in [1.29, 1.82) is 0 Å². The molecule has 2 N–H and O–H groups in total. The molecule has 0 aliphatic rings. The van der Waals surface area contributed by atoms with Crippen LogP contribution < -0.4 is 5.32 Å². The van der Waals surface area contributed by atoms with Gasteiger partial charge in [0, 0.05) is 18.3 Å². The molecule has 0 saturated carbocycles. The average molecular weight is 295 g/mol. The molecule has 1 atom stereocenters. The molecule has 3 rings (SSSR count). The Labute approximate surface area is 128 Å². The smallest absolute Gasteiger partial charge is 0.251 e. The van der Waals surface area contributed by atoms with Crippen LogP contribution >= 0.6 is 0 Å². The molecule has 0 saturated heterocycles. The van der Waals surface area contributed by atoms with Crippen molar-refractivity contribution in [3.8, 4) is 0 Å². The van der Waals surface area contributed by atoms with E-state index in [4.69, 9.17) is 0 Å². The number of aliphatic hydroxyl groups is 1. The first-order chi connectivity index (χ1) is 10.6. The van der Waals surface area contributed by atoms with Crippen LogP contribution in [0.1, 0.15) is 27.6 Å². The van der Waals surface area contributed by atoms with Crippen molar-refractivity contribution in [3.63, 3.8) is 0 Å². The Morgan fingerprint density at radius 2 is 2.18 bits per heavy atom. The zero-order chi connectivity index (χ0) is 15.5. The minimum Gasteiger partial charge on any atom is -0.387 e. The third kappa shape index (κ3) is 2.84. The number of aliphatic hydroxyl groups excluding tert-OH is 1. The Bertz CT molecular complexity index is 810. The Kier molecular flexibility index (Phi) is 3.89. The highest BCUT2D eigenvalue weighted by Crippen LogP contribution is 2.16. The van der Waals surface area contributed by atoms with Crippen molar-refractivity contribution in [2.45, 2.75) is 13.0 Å². The lowest BCUT2D eigenvalue weighted by Crippen LogP contribution is -2.28. The SMILES string of the molecule is Cc1ccccc1C(O)CNC(=O)c1ccn2cncc2c1. The molecule has 5 heteroatoms. The van der Waals surface area contributed by atoms with Gasteiger partial charge in [0.1, 0.15) is 0 Å². The van der Waals surface area contributed by atoms with Crippen molar-refractivity contribution in [2.75, 3.05) is 6.54 Å². The molecule has 3 aromatic rings. The molecule has 2 heterocycles. The molecule has 0 bridgehead atoms. The molecular weight excluding hydrogens is 278 g/mol. The van der Waals surface area contributed by atoms with Gasteiger partial charge in [0.15, 0.2) is 0 Å². The van der Waals surface area contributed by atoms with Crippen LogP contribution in [-0.4, -0.2) is 26.9 Å². The number of rotatable bonds is 4. The lowest BCUT2D eigenvalue weighted by molar-refractivity contribution is 0.0916. The standard InChI is InChI=1S/C17H17N3O2/c1-12-4-2-3-5-15(12)16(21)10-19-17(22)13-6-7-20-11-18-9-14(20)8-13/h2-9,11,16,21H,10H2,1H3,(H,19,22). The van der Waals surface area contributed by atoms with Crippen molar-refractivity contribution < 1.29 is 9.90 Å². The fraction of sp³-hybridized carbons (Fsp3) is 0.176. The first kappa shape index (κ1) is 14.3. The number of pyridine rings is 1. The summed E-state index contributed by atoms with van der Waals surface area (Å²) in [7, 11) is 0. The Hall–Kier alpha value is -2.66. The number of nitrogens with zero attached hydrogens (tertiary/aromatic N) is 2. The summed E-state index contributed by atoms with van der Waals surface area (Å²) >= 11 is 0. The lowest BCUT2D eigenvalue weighted by Gasteiger charge is -2.14. The van der Waals surface area contributed by atoms with Gasteiger partial charge >= 0.3 is 0 Å². The van der Waals surface area contributed by atoms with Crippen LogP contribution in [0.4, 0.5) is 0 Å². The summed E-state index contributed by atoms with van der Waals surface area (Å²) in [4.78, 5) is 16.2. The minimum atomic E-state index is -0.719. The second-order valence-electron chi connectivity index (χ2n) is 5.22. The van der Waals surface area contributed by atoms with Crippen molar-refractivity contribution in [3.05, 3.63) is 71.8 Å². The van der Waals surface area contributed by atoms with Crippen molar-refractivity contribution >= 4 is 11.4 Å². The third-order valence-electron chi connectivity index (χ3n) is 3.68. The van der Waals surface area contributed by atoms with Gasteiger partial charge in [0.25, 0.3) is 5.91 Å². The van der Waals surface area contributed by atoms with Crippen LogP contribution in [0.3, 0.4) is 0 Å². The summed E-state index contributed by atoms with van der Waals surface area (Å²) < 4.78 is 1.83. The number of hydrogen-bond acceptors (Lipinski definition) is 3. The number of fused-ring (bicyclic) bond motifs is 1. The molecule has 1 aromatic carbocycles. The number of aromatic nitrogens is 2. The van der Waals surface area contributed by atoms with E-state index in [1.165, 1.54) is 0 Å². The first-order valence-corrected chi connectivity index (χ1v) is 7.08. The predicted octanol–water partition coefficient (Wildman–Crippen LogP) is 2.11. The maximum Gasteiger partial charge on any atom is 0.251 e. The van der Waals surface area contributed by atoms with E-state index >= 15 is 0 Å². The van der Waals surface area contributed by atoms with Crippen LogP contribution in [0.25, 0.3) is 5.52 Å². The maximum atomic E-state index is 12.2. The number of imidazole rings is 1. The van der Waals surface area contributed by atoms with Gasteiger partial charge in [0.2, 0.25) is 0 Å². The quantitative estimate of drug-likeness (QED) is 0.774. The van der Waals surface area contributed by atoms with E-state index < -0.39 is 6.10 Å². The summed E-state index contributed by atoms with van der Waals surface area (Å²) in [5.41, 5.74) is 3.23. The number of amides is 1. The van der Waals surface area contributed by atoms with E-state index in [9.17, 15) is 9.90 Å². The predicted molar refractivity (Wildman–Crippen MR) is 83.7 cm³/mol. The van der Waals surface area contributed by atoms with Gasteiger partial charge in [-0.2, -0.15) is 0 Å². The Balaban J connectivity index is 1.68. The number of benzene rings is 1. The fourth-order valence-electron chi connectivity index (χ4n) is 2.42. The van der Waals surface area contributed by atoms with Crippen LogP contribution in [0.5, 0.6) is 0 Å². The zero-order valence-corrected chi connectivity index (χ0v) is 12.2. The van der Waals surface area contributed by atoms with E-state index in [1.807, 2.05) is 35.6 Å². The van der Waals surface area contributed by atoms with E-state index in [0.717, 1.165) is 16.6 Å². The molecular formula is C17H17N3O2. The molecule has 0 aliphatic carbocycles. The molecule has 2 aromatic heterocycles. The van der Waals surface area contributed by atoms with Gasteiger partial charge in [-0.25, -0.2) is 4.98 Å². The van der Waals surface area contributed by atoms with Crippen LogP contribution in [0.15, 0.2) is 55.1 Å². The minimum absolute atomic E-state index is 0.175. The monoisotopic (exact) mass is 295 g/mol. The summed E-state index contributed by atoms with van der Waals surface area (Å²) in [6.07, 6.45) is 4.44. The number of carbonyl (C=O) groups excluding carboxylic acids is 1. The van der Waals surface area contributed by atoms with Gasteiger partial charge in [-0.05, 0) is 30.2 Å². The highest BCUT2D eigenvalue weighted by Gasteiger charge is 2.12. The molecule has 0 aliphatic heterocycles. The molecule has 0 fully saturated rings. The van der Waals surface area contributed by atoms with Crippen LogP contribution in [0.2, 0.25) is 0 Å². The normalized spacial score (nSPS) is 12.3. The number of aryl methyl sites for hydroxylation is 1. The van der Waals surface area contributed by atoms with Gasteiger partial charge in [-0.15, -0.1) is 0 Å². The fourth-order valence-corrected chi connectivity index (χ4v) is 2.42. The van der Waals surface area contributed by atoms with Crippen molar-refractivity contribution in [2.24, 2.45) is 0 Å². The third-order valence-corrected chi connectivity index (χ3v) is 3.68. The maximum absolute atomic E-state index is 12.2. The molecule has 0 spiro atoms. The molecule has 5 nitrogen and oxygen atoms in total. The summed E-state index contributed by atoms with van der Waals surface area (Å²) in [5.74, 6) is -0.212. The second-order valence-corrected chi connectivity index (χ2v) is 5.22. The largest absolute Gasteiger partial charge is 0.387 e. The van der Waals surface area contributed by atoms with Gasteiger partial charge < -0.3 is 14.8 Å². The Morgan fingerprint density at radius 1 is 1.36 bits per heavy atom. The molecule has 22 heavy (non-hydrogen) atoms. The number of nitrogens with one attached hydrogen (secondary N) is 1. The Morgan fingerprint density at radius 3 is 3.00 bits per heavy atom. The highest BCUT2D eigenvalue weighted by atomic mass is 16.3. The molecule has 1 unspecified atom stereocenters.